The van der Waals surface area contributed by atoms with Gasteiger partial charge in [0, 0.05) is 45.0 Å². The molecule has 2 fully saturated rings. The van der Waals surface area contributed by atoms with Crippen molar-refractivity contribution in [2.75, 3.05) is 51.9 Å². The molecule has 0 aliphatic carbocycles. The van der Waals surface area contributed by atoms with Gasteiger partial charge < -0.3 is 15.0 Å². The van der Waals surface area contributed by atoms with Crippen LogP contribution in [0.1, 0.15) is 19.3 Å². The van der Waals surface area contributed by atoms with E-state index in [0.717, 1.165) is 45.1 Å². The molecule has 2 rings (SSSR count). The van der Waals surface area contributed by atoms with Gasteiger partial charge in [-0.15, -0.1) is 0 Å². The van der Waals surface area contributed by atoms with Crippen molar-refractivity contribution in [3.8, 4) is 0 Å². The largest absolute Gasteiger partial charge is 0.381 e. The lowest BCUT2D eigenvalue weighted by molar-refractivity contribution is 0.156. The lowest BCUT2D eigenvalue weighted by Gasteiger charge is -2.24. The zero-order chi connectivity index (χ0) is 14.6. The third kappa shape index (κ3) is 4.09. The molecule has 116 valence electrons. The molecule has 0 aromatic rings. The molecular weight excluding hydrogens is 278 g/mol. The van der Waals surface area contributed by atoms with Crippen LogP contribution in [0.5, 0.6) is 0 Å². The molecule has 2 aliphatic heterocycles. The van der Waals surface area contributed by atoms with E-state index in [1.807, 2.05) is 0 Å². The molecule has 7 heteroatoms. The molecule has 2 heterocycles. The third-order valence-corrected chi connectivity index (χ3v) is 5.14. The van der Waals surface area contributed by atoms with Gasteiger partial charge in [-0.05, 0) is 19.3 Å². The van der Waals surface area contributed by atoms with Gasteiger partial charge in [0.15, 0.2) is 5.96 Å². The first-order valence-electron chi connectivity index (χ1n) is 7.15. The van der Waals surface area contributed by atoms with Gasteiger partial charge in [-0.3, -0.25) is 4.99 Å². The van der Waals surface area contributed by atoms with Crippen molar-refractivity contribution in [1.82, 2.24) is 10.2 Å². The number of nitrogens with one attached hydrogen (secondary N) is 1. The number of rotatable bonds is 4. The Hall–Kier alpha value is -0.820. The molecule has 1 N–H and O–H groups in total. The summed E-state index contributed by atoms with van der Waals surface area (Å²) in [5.74, 6) is 1.09. The van der Waals surface area contributed by atoms with E-state index < -0.39 is 9.84 Å². The van der Waals surface area contributed by atoms with Crippen LogP contribution in [0.4, 0.5) is 0 Å². The fourth-order valence-electron chi connectivity index (χ4n) is 2.95. The molecule has 1 unspecified atom stereocenters. The minimum atomic E-state index is -2.88. The number of nitrogens with zero attached hydrogens (tertiary/aromatic N) is 2. The Kier molecular flexibility index (Phi) is 4.90. The second kappa shape index (κ2) is 6.30. The third-order valence-electron chi connectivity index (χ3n) is 4.11. The van der Waals surface area contributed by atoms with Crippen LogP contribution in [0, 0.1) is 5.41 Å². The van der Waals surface area contributed by atoms with Crippen LogP contribution >= 0.6 is 0 Å². The van der Waals surface area contributed by atoms with Gasteiger partial charge in [0.1, 0.15) is 9.84 Å². The first-order valence-corrected chi connectivity index (χ1v) is 9.21. The molecule has 0 saturated carbocycles. The number of ether oxygens (including phenoxy) is 1. The van der Waals surface area contributed by atoms with Crippen LogP contribution < -0.4 is 5.32 Å². The Balaban J connectivity index is 1.78. The molecule has 0 aromatic heterocycles. The standard InChI is InChI=1S/C13H25N3O3S/c1-14-12(15-6-3-9-20(2,17)18)16-7-4-13(10-16)5-8-19-11-13/h3-11H2,1-2H3,(H,14,15). The Morgan fingerprint density at radius 2 is 2.25 bits per heavy atom. The second-order valence-corrected chi connectivity index (χ2v) is 8.19. The first kappa shape index (κ1) is 15.6. The fourth-order valence-corrected chi connectivity index (χ4v) is 3.62. The summed E-state index contributed by atoms with van der Waals surface area (Å²) >= 11 is 0. The lowest BCUT2D eigenvalue weighted by atomic mass is 9.87. The average molecular weight is 303 g/mol. The molecule has 0 aromatic carbocycles. The van der Waals surface area contributed by atoms with E-state index in [1.165, 1.54) is 6.26 Å². The Morgan fingerprint density at radius 3 is 2.85 bits per heavy atom. The predicted octanol–water partition coefficient (Wildman–Crippen LogP) is 0.109. The van der Waals surface area contributed by atoms with Crippen LogP contribution in [0.2, 0.25) is 0 Å². The monoisotopic (exact) mass is 303 g/mol. The molecule has 2 aliphatic rings. The topological polar surface area (TPSA) is 71.0 Å². The predicted molar refractivity (Wildman–Crippen MR) is 79.7 cm³/mol. The van der Waals surface area contributed by atoms with Crippen LogP contribution in [-0.2, 0) is 14.6 Å². The SMILES string of the molecule is CN=C(NCCCS(C)(=O)=O)N1CCC2(CCOC2)C1. The molecule has 1 atom stereocenters. The highest BCUT2D eigenvalue weighted by atomic mass is 32.2. The van der Waals surface area contributed by atoms with E-state index in [1.54, 1.807) is 7.05 Å². The highest BCUT2D eigenvalue weighted by Crippen LogP contribution is 2.38. The Morgan fingerprint density at radius 1 is 1.45 bits per heavy atom. The summed E-state index contributed by atoms with van der Waals surface area (Å²) in [6.45, 7) is 4.34. The Bertz CT molecular complexity index is 455. The molecule has 0 radical (unpaired) electrons. The summed E-state index contributed by atoms with van der Waals surface area (Å²) in [6, 6.07) is 0. The van der Waals surface area contributed by atoms with Gasteiger partial charge in [-0.2, -0.15) is 0 Å². The minimum absolute atomic E-state index is 0.217. The zero-order valence-electron chi connectivity index (χ0n) is 12.4. The first-order chi connectivity index (χ1) is 9.44. The average Bonchev–Trinajstić information content (AvgIpc) is 2.99. The quantitative estimate of drug-likeness (QED) is 0.453. The summed E-state index contributed by atoms with van der Waals surface area (Å²) < 4.78 is 27.7. The van der Waals surface area contributed by atoms with Crippen molar-refractivity contribution < 1.29 is 13.2 Å². The molecular formula is C13H25N3O3S. The van der Waals surface area contributed by atoms with E-state index in [9.17, 15) is 8.42 Å². The maximum absolute atomic E-state index is 11.1. The van der Waals surface area contributed by atoms with Gasteiger partial charge in [-0.25, -0.2) is 8.42 Å². The molecule has 20 heavy (non-hydrogen) atoms. The minimum Gasteiger partial charge on any atom is -0.381 e. The molecule has 0 amide bonds. The normalized spacial score (nSPS) is 27.5. The highest BCUT2D eigenvalue weighted by Gasteiger charge is 2.42. The maximum atomic E-state index is 11.1. The summed E-state index contributed by atoms with van der Waals surface area (Å²) in [6.07, 6.45) is 4.16. The van der Waals surface area contributed by atoms with E-state index in [0.29, 0.717) is 18.4 Å². The van der Waals surface area contributed by atoms with E-state index >= 15 is 0 Å². The molecule has 0 bridgehead atoms. The Labute approximate surface area is 121 Å². The van der Waals surface area contributed by atoms with Crippen molar-refractivity contribution in [3.05, 3.63) is 0 Å². The molecule has 1 spiro atoms. The summed E-state index contributed by atoms with van der Waals surface area (Å²) in [5, 5.41) is 3.26. The fraction of sp³-hybridized carbons (Fsp3) is 0.923. The number of sulfone groups is 1. The number of hydrogen-bond acceptors (Lipinski definition) is 4. The number of hydrogen-bond donors (Lipinski definition) is 1. The van der Waals surface area contributed by atoms with Gasteiger partial charge in [0.2, 0.25) is 0 Å². The smallest absolute Gasteiger partial charge is 0.193 e. The highest BCUT2D eigenvalue weighted by molar-refractivity contribution is 7.90. The summed E-state index contributed by atoms with van der Waals surface area (Å²) in [5.41, 5.74) is 0.310. The second-order valence-electron chi connectivity index (χ2n) is 5.93. The van der Waals surface area contributed by atoms with E-state index in [-0.39, 0.29) is 5.75 Å². The van der Waals surface area contributed by atoms with Crippen molar-refractivity contribution in [2.45, 2.75) is 19.3 Å². The van der Waals surface area contributed by atoms with Gasteiger partial charge in [0.25, 0.3) is 0 Å². The zero-order valence-corrected chi connectivity index (χ0v) is 13.2. The number of aliphatic imine (C=N–C) groups is 1. The van der Waals surface area contributed by atoms with Crippen LogP contribution in [-0.4, -0.2) is 71.2 Å². The van der Waals surface area contributed by atoms with Crippen LogP contribution in [0.25, 0.3) is 0 Å². The van der Waals surface area contributed by atoms with E-state index in [4.69, 9.17) is 4.74 Å². The van der Waals surface area contributed by atoms with Crippen molar-refractivity contribution in [2.24, 2.45) is 10.4 Å². The number of guanidine groups is 1. The number of likely N-dealkylation sites (tertiary alicyclic amines) is 1. The van der Waals surface area contributed by atoms with Crippen molar-refractivity contribution in [3.63, 3.8) is 0 Å². The van der Waals surface area contributed by atoms with Crippen LogP contribution in [0.15, 0.2) is 4.99 Å². The summed E-state index contributed by atoms with van der Waals surface area (Å²) in [7, 11) is -1.10. The van der Waals surface area contributed by atoms with Gasteiger partial charge in [0.05, 0.1) is 12.4 Å². The van der Waals surface area contributed by atoms with Gasteiger partial charge in [-0.1, -0.05) is 0 Å². The van der Waals surface area contributed by atoms with Crippen molar-refractivity contribution in [1.29, 1.82) is 0 Å². The lowest BCUT2D eigenvalue weighted by Crippen LogP contribution is -2.42. The molecule has 2 saturated heterocycles. The maximum Gasteiger partial charge on any atom is 0.193 e. The summed E-state index contributed by atoms with van der Waals surface area (Å²) in [4.78, 5) is 6.56. The van der Waals surface area contributed by atoms with E-state index in [2.05, 4.69) is 15.2 Å². The molecule has 6 nitrogen and oxygen atoms in total. The van der Waals surface area contributed by atoms with Crippen molar-refractivity contribution >= 4 is 15.8 Å². The van der Waals surface area contributed by atoms with Crippen LogP contribution in [0.3, 0.4) is 0 Å². The van der Waals surface area contributed by atoms with Gasteiger partial charge >= 0.3 is 0 Å².